The first-order chi connectivity index (χ1) is 9.32. The first-order valence-electron chi connectivity index (χ1n) is 8.44. The summed E-state index contributed by atoms with van der Waals surface area (Å²) >= 11 is 0. The molecular weight excluding hydrogens is 248 g/mol. The standard InChI is InChI=1S/C17H34N2O/c1-13-8-14(2)11-19(10-13)12-16-7-6-15(20-16)9-18-17(3,4)5/h13-16,18H,6-12H2,1-5H3. The third-order valence-electron chi connectivity index (χ3n) is 4.46. The van der Waals surface area contributed by atoms with Crippen molar-refractivity contribution in [2.75, 3.05) is 26.2 Å². The van der Waals surface area contributed by atoms with Gasteiger partial charge in [-0.3, -0.25) is 0 Å². The molecule has 2 fully saturated rings. The molecule has 0 saturated carbocycles. The zero-order valence-corrected chi connectivity index (χ0v) is 14.1. The second-order valence-electron chi connectivity index (χ2n) is 8.25. The number of likely N-dealkylation sites (tertiary alicyclic amines) is 1. The normalized spacial score (nSPS) is 36.5. The van der Waals surface area contributed by atoms with Crippen molar-refractivity contribution in [3.63, 3.8) is 0 Å². The molecule has 0 aromatic carbocycles. The summed E-state index contributed by atoms with van der Waals surface area (Å²) in [5.41, 5.74) is 0.194. The van der Waals surface area contributed by atoms with Crippen LogP contribution >= 0.6 is 0 Å². The van der Waals surface area contributed by atoms with Crippen LogP contribution in [-0.2, 0) is 4.74 Å². The van der Waals surface area contributed by atoms with Crippen LogP contribution in [0.1, 0.15) is 53.9 Å². The lowest BCUT2D eigenvalue weighted by molar-refractivity contribution is 0.00821. The fraction of sp³-hybridized carbons (Fsp3) is 1.00. The van der Waals surface area contributed by atoms with E-state index in [2.05, 4.69) is 44.8 Å². The van der Waals surface area contributed by atoms with E-state index in [0.717, 1.165) is 24.9 Å². The van der Waals surface area contributed by atoms with Crippen LogP contribution < -0.4 is 5.32 Å². The van der Waals surface area contributed by atoms with Gasteiger partial charge in [-0.15, -0.1) is 0 Å². The summed E-state index contributed by atoms with van der Waals surface area (Å²) in [6, 6.07) is 0. The third kappa shape index (κ3) is 5.34. The first kappa shape index (κ1) is 16.3. The molecule has 3 nitrogen and oxygen atoms in total. The second-order valence-corrected chi connectivity index (χ2v) is 8.25. The molecule has 0 radical (unpaired) electrons. The Morgan fingerprint density at radius 2 is 1.65 bits per heavy atom. The monoisotopic (exact) mass is 282 g/mol. The Morgan fingerprint density at radius 3 is 2.25 bits per heavy atom. The minimum Gasteiger partial charge on any atom is -0.372 e. The van der Waals surface area contributed by atoms with Crippen LogP contribution in [0.4, 0.5) is 0 Å². The molecule has 20 heavy (non-hydrogen) atoms. The summed E-state index contributed by atoms with van der Waals surface area (Å²) in [7, 11) is 0. The Morgan fingerprint density at radius 1 is 1.05 bits per heavy atom. The molecule has 0 aromatic rings. The molecular formula is C17H34N2O. The van der Waals surface area contributed by atoms with Gasteiger partial charge in [0.25, 0.3) is 0 Å². The van der Waals surface area contributed by atoms with Crippen LogP contribution in [0.15, 0.2) is 0 Å². The molecule has 0 aromatic heterocycles. The number of rotatable bonds is 4. The minimum absolute atomic E-state index is 0.194. The van der Waals surface area contributed by atoms with Crippen molar-refractivity contribution in [3.8, 4) is 0 Å². The summed E-state index contributed by atoms with van der Waals surface area (Å²) in [5.74, 6) is 1.69. The van der Waals surface area contributed by atoms with Gasteiger partial charge in [0.15, 0.2) is 0 Å². The molecule has 118 valence electrons. The Kier molecular flexibility index (Phi) is 5.49. The zero-order chi connectivity index (χ0) is 14.8. The largest absolute Gasteiger partial charge is 0.372 e. The topological polar surface area (TPSA) is 24.5 Å². The van der Waals surface area contributed by atoms with E-state index in [-0.39, 0.29) is 5.54 Å². The maximum Gasteiger partial charge on any atom is 0.0707 e. The van der Waals surface area contributed by atoms with Gasteiger partial charge < -0.3 is 15.0 Å². The lowest BCUT2D eigenvalue weighted by atomic mass is 9.91. The SMILES string of the molecule is CC1CC(C)CN(CC2CCC(CNC(C)(C)C)O2)C1. The van der Waals surface area contributed by atoms with Crippen molar-refractivity contribution in [2.45, 2.75) is 71.6 Å². The van der Waals surface area contributed by atoms with E-state index in [1.165, 1.54) is 32.4 Å². The van der Waals surface area contributed by atoms with Crippen LogP contribution in [0.3, 0.4) is 0 Å². The highest BCUT2D eigenvalue weighted by molar-refractivity contribution is 4.83. The van der Waals surface area contributed by atoms with E-state index >= 15 is 0 Å². The average molecular weight is 282 g/mol. The number of nitrogens with zero attached hydrogens (tertiary/aromatic N) is 1. The molecule has 2 aliphatic rings. The average Bonchev–Trinajstić information content (AvgIpc) is 2.72. The van der Waals surface area contributed by atoms with Crippen molar-refractivity contribution in [1.29, 1.82) is 0 Å². The molecule has 0 aliphatic carbocycles. The van der Waals surface area contributed by atoms with Gasteiger partial charge in [-0.2, -0.15) is 0 Å². The van der Waals surface area contributed by atoms with Crippen LogP contribution in [-0.4, -0.2) is 48.8 Å². The number of ether oxygens (including phenoxy) is 1. The van der Waals surface area contributed by atoms with E-state index in [9.17, 15) is 0 Å². The van der Waals surface area contributed by atoms with Crippen LogP contribution in [0.25, 0.3) is 0 Å². The molecule has 0 spiro atoms. The summed E-state index contributed by atoms with van der Waals surface area (Å²) in [5, 5.41) is 3.56. The number of piperidine rings is 1. The third-order valence-corrected chi connectivity index (χ3v) is 4.46. The van der Waals surface area contributed by atoms with Crippen molar-refractivity contribution >= 4 is 0 Å². The van der Waals surface area contributed by atoms with E-state index in [4.69, 9.17) is 4.74 Å². The molecule has 0 bridgehead atoms. The fourth-order valence-corrected chi connectivity index (χ4v) is 3.71. The molecule has 3 heteroatoms. The van der Waals surface area contributed by atoms with Crippen LogP contribution in [0.5, 0.6) is 0 Å². The second kappa shape index (κ2) is 6.76. The molecule has 4 atom stereocenters. The smallest absolute Gasteiger partial charge is 0.0707 e. The van der Waals surface area contributed by atoms with Gasteiger partial charge in [0, 0.05) is 31.7 Å². The van der Waals surface area contributed by atoms with Gasteiger partial charge in [0.2, 0.25) is 0 Å². The van der Waals surface area contributed by atoms with Crippen molar-refractivity contribution in [2.24, 2.45) is 11.8 Å². The summed E-state index contributed by atoms with van der Waals surface area (Å²) in [6.45, 7) is 16.1. The maximum absolute atomic E-state index is 6.23. The van der Waals surface area contributed by atoms with Crippen LogP contribution in [0, 0.1) is 11.8 Å². The van der Waals surface area contributed by atoms with Crippen molar-refractivity contribution < 1.29 is 4.74 Å². The molecule has 4 unspecified atom stereocenters. The van der Waals surface area contributed by atoms with E-state index in [1.807, 2.05) is 0 Å². The quantitative estimate of drug-likeness (QED) is 0.858. The Labute approximate surface area is 125 Å². The molecule has 2 saturated heterocycles. The van der Waals surface area contributed by atoms with Crippen molar-refractivity contribution in [1.82, 2.24) is 10.2 Å². The van der Waals surface area contributed by atoms with Crippen LogP contribution in [0.2, 0.25) is 0 Å². The van der Waals surface area contributed by atoms with Gasteiger partial charge in [-0.25, -0.2) is 0 Å². The molecule has 1 N–H and O–H groups in total. The molecule has 0 amide bonds. The van der Waals surface area contributed by atoms with Gasteiger partial charge in [0.05, 0.1) is 12.2 Å². The minimum atomic E-state index is 0.194. The number of hydrogen-bond acceptors (Lipinski definition) is 3. The molecule has 2 aliphatic heterocycles. The predicted molar refractivity (Wildman–Crippen MR) is 85.0 cm³/mol. The van der Waals surface area contributed by atoms with E-state index < -0.39 is 0 Å². The van der Waals surface area contributed by atoms with Gasteiger partial charge in [0.1, 0.15) is 0 Å². The summed E-state index contributed by atoms with van der Waals surface area (Å²) in [4.78, 5) is 2.63. The lowest BCUT2D eigenvalue weighted by Gasteiger charge is -2.36. The van der Waals surface area contributed by atoms with Gasteiger partial charge in [-0.05, 0) is 51.9 Å². The van der Waals surface area contributed by atoms with E-state index in [1.54, 1.807) is 0 Å². The Hall–Kier alpha value is -0.120. The molecule has 2 rings (SSSR count). The van der Waals surface area contributed by atoms with Gasteiger partial charge >= 0.3 is 0 Å². The highest BCUT2D eigenvalue weighted by atomic mass is 16.5. The van der Waals surface area contributed by atoms with Crippen molar-refractivity contribution in [3.05, 3.63) is 0 Å². The summed E-state index contributed by atoms with van der Waals surface area (Å²) in [6.07, 6.45) is 4.71. The van der Waals surface area contributed by atoms with E-state index in [0.29, 0.717) is 12.2 Å². The lowest BCUT2D eigenvalue weighted by Crippen LogP contribution is -2.43. The number of nitrogens with one attached hydrogen (secondary N) is 1. The predicted octanol–water partition coefficient (Wildman–Crippen LogP) is 2.90. The molecule has 2 heterocycles. The Bertz CT molecular complexity index is 290. The number of hydrogen-bond donors (Lipinski definition) is 1. The maximum atomic E-state index is 6.23. The first-order valence-corrected chi connectivity index (χ1v) is 8.44. The highest BCUT2D eigenvalue weighted by Gasteiger charge is 2.30. The summed E-state index contributed by atoms with van der Waals surface area (Å²) < 4.78 is 6.23. The Balaban J connectivity index is 1.70. The zero-order valence-electron chi connectivity index (χ0n) is 14.1. The highest BCUT2D eigenvalue weighted by Crippen LogP contribution is 2.25. The fourth-order valence-electron chi connectivity index (χ4n) is 3.71. The van der Waals surface area contributed by atoms with Gasteiger partial charge in [-0.1, -0.05) is 13.8 Å².